The van der Waals surface area contributed by atoms with Crippen molar-refractivity contribution in [3.05, 3.63) is 34.6 Å². The van der Waals surface area contributed by atoms with E-state index < -0.39 is 5.82 Å². The van der Waals surface area contributed by atoms with Crippen LogP contribution in [0.25, 0.3) is 0 Å². The molecule has 2 rings (SSSR count). The highest BCUT2D eigenvalue weighted by Crippen LogP contribution is 2.30. The van der Waals surface area contributed by atoms with Crippen molar-refractivity contribution in [2.45, 2.75) is 26.2 Å². The van der Waals surface area contributed by atoms with E-state index in [1.807, 2.05) is 6.92 Å². The summed E-state index contributed by atoms with van der Waals surface area (Å²) in [4.78, 5) is 14.0. The third-order valence-corrected chi connectivity index (χ3v) is 3.35. The molecule has 0 saturated heterocycles. The van der Waals surface area contributed by atoms with Crippen LogP contribution in [-0.2, 0) is 0 Å². The molecule has 4 heteroatoms. The predicted molar refractivity (Wildman–Crippen MR) is 70.3 cm³/mol. The highest BCUT2D eigenvalue weighted by molar-refractivity contribution is 6.30. The van der Waals surface area contributed by atoms with E-state index in [9.17, 15) is 9.18 Å². The number of benzene rings is 1. The van der Waals surface area contributed by atoms with E-state index in [2.05, 4.69) is 0 Å². The maximum Gasteiger partial charge on any atom is 0.256 e. The number of rotatable bonds is 5. The van der Waals surface area contributed by atoms with Crippen LogP contribution >= 0.6 is 11.6 Å². The lowest BCUT2D eigenvalue weighted by molar-refractivity contribution is 0.0743. The van der Waals surface area contributed by atoms with Crippen molar-refractivity contribution in [2.75, 3.05) is 13.1 Å². The number of carbonyl (C=O) groups excluding carboxylic acids is 1. The van der Waals surface area contributed by atoms with Gasteiger partial charge in [0.2, 0.25) is 0 Å². The topological polar surface area (TPSA) is 20.3 Å². The van der Waals surface area contributed by atoms with E-state index in [1.54, 1.807) is 11.0 Å². The summed E-state index contributed by atoms with van der Waals surface area (Å²) in [5, 5.41) is 0.313. The van der Waals surface area contributed by atoms with E-state index in [0.29, 0.717) is 17.5 Å². The van der Waals surface area contributed by atoms with Gasteiger partial charge in [0.15, 0.2) is 0 Å². The Hall–Kier alpha value is -1.09. The summed E-state index contributed by atoms with van der Waals surface area (Å²) >= 11 is 5.69. The van der Waals surface area contributed by atoms with E-state index in [-0.39, 0.29) is 11.5 Å². The first-order valence-corrected chi connectivity index (χ1v) is 6.74. The zero-order chi connectivity index (χ0) is 13.1. The van der Waals surface area contributed by atoms with E-state index in [0.717, 1.165) is 13.0 Å². The SMILES string of the molecule is CCCN(CC1CC1)C(=O)c1ccc(Cl)cc1F. The first kappa shape index (κ1) is 13.3. The van der Waals surface area contributed by atoms with Crippen molar-refractivity contribution in [1.82, 2.24) is 4.90 Å². The van der Waals surface area contributed by atoms with Gasteiger partial charge in [0.05, 0.1) is 5.56 Å². The van der Waals surface area contributed by atoms with Gasteiger partial charge in [0.25, 0.3) is 5.91 Å². The second kappa shape index (κ2) is 5.70. The Balaban J connectivity index is 2.15. The Morgan fingerprint density at radius 1 is 1.50 bits per heavy atom. The van der Waals surface area contributed by atoms with E-state index in [4.69, 9.17) is 11.6 Å². The molecule has 0 unspecified atom stereocenters. The molecule has 18 heavy (non-hydrogen) atoms. The highest BCUT2D eigenvalue weighted by Gasteiger charge is 2.27. The lowest BCUT2D eigenvalue weighted by atomic mass is 10.1. The number of amides is 1. The van der Waals surface area contributed by atoms with E-state index in [1.165, 1.54) is 25.0 Å². The fraction of sp³-hybridized carbons (Fsp3) is 0.500. The summed E-state index contributed by atoms with van der Waals surface area (Å²) in [6, 6.07) is 4.21. The molecule has 0 N–H and O–H groups in total. The number of carbonyl (C=O) groups is 1. The minimum atomic E-state index is -0.538. The molecule has 98 valence electrons. The van der Waals surface area contributed by atoms with Crippen molar-refractivity contribution in [1.29, 1.82) is 0 Å². The van der Waals surface area contributed by atoms with Crippen LogP contribution in [0.2, 0.25) is 5.02 Å². The maximum atomic E-state index is 13.7. The molecule has 0 atom stereocenters. The van der Waals surface area contributed by atoms with Gasteiger partial charge in [-0.3, -0.25) is 4.79 Å². The number of hydrogen-bond donors (Lipinski definition) is 0. The lowest BCUT2D eigenvalue weighted by Gasteiger charge is -2.22. The average molecular weight is 270 g/mol. The predicted octanol–water partition coefficient (Wildman–Crippen LogP) is 3.74. The van der Waals surface area contributed by atoms with Crippen molar-refractivity contribution >= 4 is 17.5 Å². The zero-order valence-corrected chi connectivity index (χ0v) is 11.2. The van der Waals surface area contributed by atoms with Crippen LogP contribution in [0, 0.1) is 11.7 Å². The smallest absolute Gasteiger partial charge is 0.256 e. The van der Waals surface area contributed by atoms with Gasteiger partial charge in [-0.25, -0.2) is 4.39 Å². The molecule has 0 aromatic heterocycles. The minimum absolute atomic E-state index is 0.119. The molecule has 1 aliphatic carbocycles. The summed E-state index contributed by atoms with van der Waals surface area (Å²) in [7, 11) is 0. The van der Waals surface area contributed by atoms with Gasteiger partial charge in [-0.2, -0.15) is 0 Å². The van der Waals surface area contributed by atoms with Crippen LogP contribution in [-0.4, -0.2) is 23.9 Å². The Kier molecular flexibility index (Phi) is 4.23. The van der Waals surface area contributed by atoms with Crippen molar-refractivity contribution < 1.29 is 9.18 Å². The van der Waals surface area contributed by atoms with Gasteiger partial charge in [-0.05, 0) is 43.4 Å². The lowest BCUT2D eigenvalue weighted by Crippen LogP contribution is -2.34. The highest BCUT2D eigenvalue weighted by atomic mass is 35.5. The van der Waals surface area contributed by atoms with Gasteiger partial charge in [-0.15, -0.1) is 0 Å². The second-order valence-electron chi connectivity index (χ2n) is 4.82. The molecule has 1 saturated carbocycles. The molecule has 0 spiro atoms. The Labute approximate surface area is 112 Å². The maximum absolute atomic E-state index is 13.7. The molecular formula is C14H17ClFNO. The fourth-order valence-electron chi connectivity index (χ4n) is 1.99. The van der Waals surface area contributed by atoms with Crippen LogP contribution < -0.4 is 0 Å². The summed E-state index contributed by atoms with van der Waals surface area (Å²) in [5.41, 5.74) is 0.119. The van der Waals surface area contributed by atoms with Crippen LogP contribution in [0.15, 0.2) is 18.2 Å². The van der Waals surface area contributed by atoms with Gasteiger partial charge in [-0.1, -0.05) is 18.5 Å². The van der Waals surface area contributed by atoms with Gasteiger partial charge in [0.1, 0.15) is 5.82 Å². The largest absolute Gasteiger partial charge is 0.338 e. The van der Waals surface area contributed by atoms with Crippen LogP contribution in [0.1, 0.15) is 36.5 Å². The number of nitrogens with zero attached hydrogens (tertiary/aromatic N) is 1. The van der Waals surface area contributed by atoms with Crippen molar-refractivity contribution in [3.63, 3.8) is 0 Å². The van der Waals surface area contributed by atoms with Gasteiger partial charge in [0, 0.05) is 18.1 Å². The van der Waals surface area contributed by atoms with Crippen molar-refractivity contribution in [3.8, 4) is 0 Å². The molecule has 1 amide bonds. The standard InChI is InChI=1S/C14H17ClFNO/c1-2-7-17(9-10-3-4-10)14(18)12-6-5-11(15)8-13(12)16/h5-6,8,10H,2-4,7,9H2,1H3. The van der Waals surface area contributed by atoms with Gasteiger partial charge >= 0.3 is 0 Å². The quantitative estimate of drug-likeness (QED) is 0.797. The monoisotopic (exact) mass is 269 g/mol. The summed E-state index contributed by atoms with van der Waals surface area (Å²) < 4.78 is 13.7. The Morgan fingerprint density at radius 3 is 2.78 bits per heavy atom. The summed E-state index contributed by atoms with van der Waals surface area (Å²) in [6.07, 6.45) is 3.24. The Morgan fingerprint density at radius 2 is 2.22 bits per heavy atom. The first-order valence-electron chi connectivity index (χ1n) is 6.36. The van der Waals surface area contributed by atoms with Crippen molar-refractivity contribution in [2.24, 2.45) is 5.92 Å². The Bertz CT molecular complexity index is 445. The molecule has 0 radical (unpaired) electrons. The molecular weight excluding hydrogens is 253 g/mol. The molecule has 1 fully saturated rings. The molecule has 0 aliphatic heterocycles. The molecule has 1 aromatic carbocycles. The third-order valence-electron chi connectivity index (χ3n) is 3.12. The number of hydrogen-bond acceptors (Lipinski definition) is 1. The normalized spacial score (nSPS) is 14.6. The third kappa shape index (κ3) is 3.22. The van der Waals surface area contributed by atoms with E-state index >= 15 is 0 Å². The second-order valence-corrected chi connectivity index (χ2v) is 5.26. The summed E-state index contributed by atoms with van der Waals surface area (Å²) in [5.74, 6) is -0.154. The van der Waals surface area contributed by atoms with Crippen LogP contribution in [0.5, 0.6) is 0 Å². The molecule has 2 nitrogen and oxygen atoms in total. The molecule has 1 aromatic rings. The summed E-state index contributed by atoms with van der Waals surface area (Å²) in [6.45, 7) is 3.44. The van der Waals surface area contributed by atoms with Crippen LogP contribution in [0.4, 0.5) is 4.39 Å². The minimum Gasteiger partial charge on any atom is -0.338 e. The molecule has 0 heterocycles. The fourth-order valence-corrected chi connectivity index (χ4v) is 2.15. The van der Waals surface area contributed by atoms with Gasteiger partial charge < -0.3 is 4.90 Å². The zero-order valence-electron chi connectivity index (χ0n) is 10.5. The molecule has 1 aliphatic rings. The average Bonchev–Trinajstić information content (AvgIpc) is 3.11. The van der Waals surface area contributed by atoms with Crippen LogP contribution in [0.3, 0.4) is 0 Å². The molecule has 0 bridgehead atoms. The first-order chi connectivity index (χ1) is 8.61. The number of halogens is 2.